The zero-order chi connectivity index (χ0) is 11.5. The molecule has 0 bridgehead atoms. The van der Waals surface area contributed by atoms with Crippen molar-refractivity contribution in [1.29, 1.82) is 0 Å². The number of hydrogen-bond acceptors (Lipinski definition) is 4. The fraction of sp³-hybridized carbons (Fsp3) is 0.364. The Morgan fingerprint density at radius 3 is 2.88 bits per heavy atom. The van der Waals surface area contributed by atoms with E-state index in [1.54, 1.807) is 6.07 Å². The maximum atomic E-state index is 11.5. The molecule has 16 heavy (non-hydrogen) atoms. The molecule has 0 unspecified atom stereocenters. The van der Waals surface area contributed by atoms with Gasteiger partial charge in [0.1, 0.15) is 5.82 Å². The van der Waals surface area contributed by atoms with Gasteiger partial charge >= 0.3 is 5.97 Å². The molecule has 0 radical (unpaired) electrons. The third-order valence-electron chi connectivity index (χ3n) is 2.38. The summed E-state index contributed by atoms with van der Waals surface area (Å²) < 4.78 is 4.58. The second-order valence-corrected chi connectivity index (χ2v) is 3.68. The van der Waals surface area contributed by atoms with Gasteiger partial charge in [-0.3, -0.25) is 4.79 Å². The van der Waals surface area contributed by atoms with Crippen LogP contribution in [-0.2, 0) is 9.53 Å². The van der Waals surface area contributed by atoms with Crippen LogP contribution in [0.4, 0.5) is 5.82 Å². The summed E-state index contributed by atoms with van der Waals surface area (Å²) in [7, 11) is 1.31. The molecule has 2 rings (SSSR count). The van der Waals surface area contributed by atoms with Gasteiger partial charge in [-0.15, -0.1) is 0 Å². The minimum Gasteiger partial charge on any atom is -0.465 e. The third-order valence-corrected chi connectivity index (χ3v) is 2.38. The van der Waals surface area contributed by atoms with Crippen LogP contribution in [0.2, 0.25) is 0 Å². The maximum Gasteiger partial charge on any atom is 0.338 e. The first-order chi connectivity index (χ1) is 7.70. The highest BCUT2D eigenvalue weighted by Gasteiger charge is 2.29. The Kier molecular flexibility index (Phi) is 2.85. The van der Waals surface area contributed by atoms with Crippen molar-refractivity contribution in [2.75, 3.05) is 12.4 Å². The summed E-state index contributed by atoms with van der Waals surface area (Å²) in [5, 5.41) is 2.67. The van der Waals surface area contributed by atoms with Crippen molar-refractivity contribution in [2.24, 2.45) is 5.92 Å². The van der Waals surface area contributed by atoms with Crippen LogP contribution in [-0.4, -0.2) is 24.0 Å². The number of pyridine rings is 1. The molecule has 1 N–H and O–H groups in total. The summed E-state index contributed by atoms with van der Waals surface area (Å²) in [4.78, 5) is 26.7. The lowest BCUT2D eigenvalue weighted by molar-refractivity contribution is -0.117. The van der Waals surface area contributed by atoms with Gasteiger partial charge in [-0.25, -0.2) is 9.78 Å². The maximum absolute atomic E-state index is 11.5. The third kappa shape index (κ3) is 2.36. The van der Waals surface area contributed by atoms with Crippen LogP contribution in [0.25, 0.3) is 0 Å². The van der Waals surface area contributed by atoms with E-state index in [0.29, 0.717) is 11.4 Å². The summed E-state index contributed by atoms with van der Waals surface area (Å²) >= 11 is 0. The Hall–Kier alpha value is -1.91. The standard InChI is InChI=1S/C11H12N2O3/c1-16-11(15)8-4-5-12-9(6-8)13-10(14)7-2-3-7/h4-7H,2-3H2,1H3,(H,12,13,14). The van der Waals surface area contributed by atoms with Crippen LogP contribution in [0.5, 0.6) is 0 Å². The zero-order valence-electron chi connectivity index (χ0n) is 8.90. The molecule has 1 aliphatic carbocycles. The van der Waals surface area contributed by atoms with E-state index in [4.69, 9.17) is 0 Å². The Morgan fingerprint density at radius 2 is 2.25 bits per heavy atom. The van der Waals surface area contributed by atoms with Crippen LogP contribution >= 0.6 is 0 Å². The van der Waals surface area contributed by atoms with Gasteiger partial charge in [0, 0.05) is 12.1 Å². The van der Waals surface area contributed by atoms with Gasteiger partial charge < -0.3 is 10.1 Å². The van der Waals surface area contributed by atoms with Crippen LogP contribution in [0.15, 0.2) is 18.3 Å². The first-order valence-corrected chi connectivity index (χ1v) is 5.06. The number of rotatable bonds is 3. The number of amides is 1. The topological polar surface area (TPSA) is 68.3 Å². The summed E-state index contributed by atoms with van der Waals surface area (Å²) in [6.07, 6.45) is 3.33. The fourth-order valence-corrected chi connectivity index (χ4v) is 1.32. The first-order valence-electron chi connectivity index (χ1n) is 5.06. The van der Waals surface area contributed by atoms with E-state index in [-0.39, 0.29) is 11.8 Å². The smallest absolute Gasteiger partial charge is 0.338 e. The van der Waals surface area contributed by atoms with E-state index in [2.05, 4.69) is 15.0 Å². The van der Waals surface area contributed by atoms with E-state index >= 15 is 0 Å². The minimum absolute atomic E-state index is 0.0329. The molecular weight excluding hydrogens is 208 g/mol. The molecule has 5 nitrogen and oxygen atoms in total. The fourth-order valence-electron chi connectivity index (χ4n) is 1.32. The van der Waals surface area contributed by atoms with Crippen LogP contribution in [0.3, 0.4) is 0 Å². The number of ether oxygens (including phenoxy) is 1. The van der Waals surface area contributed by atoms with Gasteiger partial charge in [-0.1, -0.05) is 0 Å². The second kappa shape index (κ2) is 4.30. The Morgan fingerprint density at radius 1 is 1.50 bits per heavy atom. The molecule has 1 aliphatic rings. The van der Waals surface area contributed by atoms with Crippen LogP contribution < -0.4 is 5.32 Å². The number of anilines is 1. The van der Waals surface area contributed by atoms with Crippen molar-refractivity contribution in [1.82, 2.24) is 4.98 Å². The number of esters is 1. The lowest BCUT2D eigenvalue weighted by Crippen LogP contribution is -2.15. The molecule has 0 spiro atoms. The van der Waals surface area contributed by atoms with Crippen molar-refractivity contribution >= 4 is 17.7 Å². The number of nitrogens with one attached hydrogen (secondary N) is 1. The van der Waals surface area contributed by atoms with Gasteiger partial charge in [-0.2, -0.15) is 0 Å². The number of aromatic nitrogens is 1. The van der Waals surface area contributed by atoms with E-state index in [1.165, 1.54) is 19.4 Å². The van der Waals surface area contributed by atoms with Crippen molar-refractivity contribution in [3.63, 3.8) is 0 Å². The lowest BCUT2D eigenvalue weighted by atomic mass is 10.2. The lowest BCUT2D eigenvalue weighted by Gasteiger charge is -2.04. The largest absolute Gasteiger partial charge is 0.465 e. The first kappa shape index (κ1) is 10.6. The normalized spacial score (nSPS) is 14.3. The van der Waals surface area contributed by atoms with Gasteiger partial charge in [0.05, 0.1) is 12.7 Å². The highest BCUT2D eigenvalue weighted by molar-refractivity contribution is 5.95. The number of carbonyl (C=O) groups is 2. The molecule has 0 saturated heterocycles. The van der Waals surface area contributed by atoms with Crippen molar-refractivity contribution in [2.45, 2.75) is 12.8 Å². The Bertz CT molecular complexity index is 427. The number of carbonyl (C=O) groups excluding carboxylic acids is 2. The molecule has 1 amide bonds. The number of methoxy groups -OCH3 is 1. The quantitative estimate of drug-likeness (QED) is 0.777. The predicted octanol–water partition coefficient (Wildman–Crippen LogP) is 1.22. The number of hydrogen-bond donors (Lipinski definition) is 1. The van der Waals surface area contributed by atoms with Gasteiger partial charge in [0.2, 0.25) is 5.91 Å². The minimum atomic E-state index is -0.440. The SMILES string of the molecule is COC(=O)c1ccnc(NC(=O)C2CC2)c1. The summed E-state index contributed by atoms with van der Waals surface area (Å²) in [5.74, 6) is 0.0298. The molecule has 1 heterocycles. The van der Waals surface area contributed by atoms with Crippen LogP contribution in [0, 0.1) is 5.92 Å². The monoisotopic (exact) mass is 220 g/mol. The molecule has 5 heteroatoms. The molecule has 1 saturated carbocycles. The molecule has 0 aliphatic heterocycles. The molecule has 1 aromatic rings. The molecule has 1 fully saturated rings. The molecule has 84 valence electrons. The van der Waals surface area contributed by atoms with Gasteiger partial charge in [0.15, 0.2) is 0 Å². The molecule has 0 aromatic carbocycles. The molecular formula is C11H12N2O3. The van der Waals surface area contributed by atoms with Crippen molar-refractivity contribution in [3.8, 4) is 0 Å². The van der Waals surface area contributed by atoms with E-state index < -0.39 is 5.97 Å². The summed E-state index contributed by atoms with van der Waals surface area (Å²) in [6, 6.07) is 3.05. The highest BCUT2D eigenvalue weighted by atomic mass is 16.5. The average Bonchev–Trinajstić information content (AvgIpc) is 3.12. The Labute approximate surface area is 92.8 Å². The van der Waals surface area contributed by atoms with Crippen molar-refractivity contribution in [3.05, 3.63) is 23.9 Å². The molecule has 1 aromatic heterocycles. The zero-order valence-corrected chi connectivity index (χ0v) is 8.90. The molecule has 0 atom stereocenters. The van der Waals surface area contributed by atoms with Gasteiger partial charge in [-0.05, 0) is 25.0 Å². The van der Waals surface area contributed by atoms with E-state index in [0.717, 1.165) is 12.8 Å². The second-order valence-electron chi connectivity index (χ2n) is 3.68. The predicted molar refractivity (Wildman–Crippen MR) is 56.9 cm³/mol. The van der Waals surface area contributed by atoms with Crippen molar-refractivity contribution < 1.29 is 14.3 Å². The van der Waals surface area contributed by atoms with E-state index in [1.807, 2.05) is 0 Å². The summed E-state index contributed by atoms with van der Waals surface area (Å²) in [5.41, 5.74) is 0.378. The average molecular weight is 220 g/mol. The number of nitrogens with zero attached hydrogens (tertiary/aromatic N) is 1. The Balaban J connectivity index is 2.09. The summed E-state index contributed by atoms with van der Waals surface area (Å²) in [6.45, 7) is 0. The van der Waals surface area contributed by atoms with Crippen LogP contribution in [0.1, 0.15) is 23.2 Å². The van der Waals surface area contributed by atoms with Gasteiger partial charge in [0.25, 0.3) is 0 Å². The highest BCUT2D eigenvalue weighted by Crippen LogP contribution is 2.29. The van der Waals surface area contributed by atoms with E-state index in [9.17, 15) is 9.59 Å².